The standard InChI is InChI=1S/C15H10ClN3O2S/c1-17-15(21)10-3-2-8-6-18-7-9(13(8)19-10)11-4-5-12(22-11)14(16)20/h2-7H,1H3,(H,17,21). The van der Waals surface area contributed by atoms with Gasteiger partial charge in [0.2, 0.25) is 0 Å². The summed E-state index contributed by atoms with van der Waals surface area (Å²) >= 11 is 6.76. The van der Waals surface area contributed by atoms with E-state index in [9.17, 15) is 9.59 Å². The summed E-state index contributed by atoms with van der Waals surface area (Å²) in [4.78, 5) is 32.9. The van der Waals surface area contributed by atoms with Gasteiger partial charge >= 0.3 is 0 Å². The first-order valence-corrected chi connectivity index (χ1v) is 7.56. The topological polar surface area (TPSA) is 72.0 Å². The number of hydrogen-bond acceptors (Lipinski definition) is 5. The van der Waals surface area contributed by atoms with Crippen LogP contribution in [0.3, 0.4) is 0 Å². The number of amides is 1. The molecule has 3 rings (SSSR count). The van der Waals surface area contributed by atoms with Gasteiger partial charge in [0, 0.05) is 35.3 Å². The fraction of sp³-hybridized carbons (Fsp3) is 0.0667. The number of fused-ring (bicyclic) bond motifs is 1. The van der Waals surface area contributed by atoms with Crippen molar-refractivity contribution in [3.63, 3.8) is 0 Å². The summed E-state index contributed by atoms with van der Waals surface area (Å²) in [6.45, 7) is 0. The molecule has 0 aliphatic rings. The Morgan fingerprint density at radius 1 is 1.18 bits per heavy atom. The minimum Gasteiger partial charge on any atom is -0.354 e. The molecule has 0 fully saturated rings. The quantitative estimate of drug-likeness (QED) is 0.748. The molecule has 0 aromatic carbocycles. The van der Waals surface area contributed by atoms with Crippen LogP contribution < -0.4 is 5.32 Å². The minimum atomic E-state index is -0.497. The smallest absolute Gasteiger partial charge is 0.269 e. The Balaban J connectivity index is 2.19. The van der Waals surface area contributed by atoms with Crippen LogP contribution in [-0.4, -0.2) is 28.2 Å². The highest BCUT2D eigenvalue weighted by Gasteiger charge is 2.13. The molecule has 0 saturated carbocycles. The second-order valence-corrected chi connectivity index (χ2v) is 5.90. The normalized spacial score (nSPS) is 10.6. The highest BCUT2D eigenvalue weighted by Crippen LogP contribution is 2.32. The molecular formula is C15H10ClN3O2S. The van der Waals surface area contributed by atoms with Crippen molar-refractivity contribution in [1.29, 1.82) is 0 Å². The van der Waals surface area contributed by atoms with Crippen molar-refractivity contribution < 1.29 is 9.59 Å². The Morgan fingerprint density at radius 3 is 2.68 bits per heavy atom. The molecule has 3 aromatic rings. The summed E-state index contributed by atoms with van der Waals surface area (Å²) in [6.07, 6.45) is 3.35. The number of thiophene rings is 1. The molecule has 0 radical (unpaired) electrons. The van der Waals surface area contributed by atoms with Crippen LogP contribution in [0, 0.1) is 0 Å². The first kappa shape index (κ1) is 14.6. The van der Waals surface area contributed by atoms with E-state index >= 15 is 0 Å². The van der Waals surface area contributed by atoms with Crippen LogP contribution in [0.5, 0.6) is 0 Å². The number of rotatable bonds is 3. The van der Waals surface area contributed by atoms with E-state index in [1.165, 1.54) is 11.3 Å². The summed E-state index contributed by atoms with van der Waals surface area (Å²) in [5.41, 5.74) is 1.75. The molecule has 0 saturated heterocycles. The predicted molar refractivity (Wildman–Crippen MR) is 86.4 cm³/mol. The third kappa shape index (κ3) is 2.58. The van der Waals surface area contributed by atoms with Gasteiger partial charge in [-0.2, -0.15) is 0 Å². The van der Waals surface area contributed by atoms with E-state index in [1.54, 1.807) is 43.7 Å². The maximum Gasteiger partial charge on any atom is 0.269 e. The van der Waals surface area contributed by atoms with Crippen LogP contribution in [-0.2, 0) is 0 Å². The van der Waals surface area contributed by atoms with E-state index < -0.39 is 5.24 Å². The van der Waals surface area contributed by atoms with E-state index in [0.717, 1.165) is 15.8 Å². The van der Waals surface area contributed by atoms with Crippen molar-refractivity contribution >= 4 is 45.0 Å². The fourth-order valence-corrected chi connectivity index (χ4v) is 3.09. The highest BCUT2D eigenvalue weighted by atomic mass is 35.5. The molecule has 3 aromatic heterocycles. The lowest BCUT2D eigenvalue weighted by atomic mass is 10.1. The molecular weight excluding hydrogens is 322 g/mol. The highest BCUT2D eigenvalue weighted by molar-refractivity contribution is 7.19. The number of carbonyl (C=O) groups excluding carboxylic acids is 2. The van der Waals surface area contributed by atoms with Crippen LogP contribution >= 0.6 is 22.9 Å². The van der Waals surface area contributed by atoms with Crippen molar-refractivity contribution in [2.45, 2.75) is 0 Å². The van der Waals surface area contributed by atoms with Crippen LogP contribution in [0.1, 0.15) is 20.2 Å². The molecule has 0 unspecified atom stereocenters. The maximum atomic E-state index is 11.7. The SMILES string of the molecule is CNC(=O)c1ccc2cncc(-c3ccc(C(=O)Cl)s3)c2n1. The minimum absolute atomic E-state index is 0.257. The second-order valence-electron chi connectivity index (χ2n) is 4.47. The Bertz CT molecular complexity index is 891. The summed E-state index contributed by atoms with van der Waals surface area (Å²) in [7, 11) is 1.55. The summed E-state index contributed by atoms with van der Waals surface area (Å²) in [5.74, 6) is -0.257. The lowest BCUT2D eigenvalue weighted by Gasteiger charge is -2.05. The summed E-state index contributed by atoms with van der Waals surface area (Å²) in [5, 5.41) is 2.87. The molecule has 110 valence electrons. The van der Waals surface area contributed by atoms with Crippen LogP contribution in [0.4, 0.5) is 0 Å². The van der Waals surface area contributed by atoms with Gasteiger partial charge in [0.1, 0.15) is 5.69 Å². The van der Waals surface area contributed by atoms with Gasteiger partial charge in [0.15, 0.2) is 0 Å². The molecule has 0 atom stereocenters. The maximum absolute atomic E-state index is 11.7. The zero-order valence-corrected chi connectivity index (χ0v) is 13.0. The lowest BCUT2D eigenvalue weighted by molar-refractivity contribution is 0.0958. The zero-order chi connectivity index (χ0) is 15.7. The van der Waals surface area contributed by atoms with Gasteiger partial charge in [-0.3, -0.25) is 14.6 Å². The Hall–Kier alpha value is -2.31. The van der Waals surface area contributed by atoms with Gasteiger partial charge < -0.3 is 5.32 Å². The van der Waals surface area contributed by atoms with E-state index in [-0.39, 0.29) is 5.91 Å². The first-order chi connectivity index (χ1) is 10.6. The summed E-state index contributed by atoms with van der Waals surface area (Å²) < 4.78 is 0. The van der Waals surface area contributed by atoms with Crippen molar-refractivity contribution in [2.24, 2.45) is 0 Å². The Labute approximate surface area is 135 Å². The van der Waals surface area contributed by atoms with Crippen molar-refractivity contribution in [1.82, 2.24) is 15.3 Å². The number of pyridine rings is 2. The monoisotopic (exact) mass is 331 g/mol. The number of aromatic nitrogens is 2. The van der Waals surface area contributed by atoms with E-state index in [1.807, 2.05) is 0 Å². The zero-order valence-electron chi connectivity index (χ0n) is 11.5. The van der Waals surface area contributed by atoms with Gasteiger partial charge in [-0.05, 0) is 35.9 Å². The van der Waals surface area contributed by atoms with Crippen LogP contribution in [0.25, 0.3) is 21.3 Å². The Kier molecular flexibility index (Phi) is 3.87. The van der Waals surface area contributed by atoms with Crippen molar-refractivity contribution in [3.8, 4) is 10.4 Å². The fourth-order valence-electron chi connectivity index (χ4n) is 2.07. The molecule has 0 bridgehead atoms. The van der Waals surface area contributed by atoms with E-state index in [4.69, 9.17) is 11.6 Å². The third-order valence-electron chi connectivity index (χ3n) is 3.12. The Morgan fingerprint density at radius 2 is 2.00 bits per heavy atom. The van der Waals surface area contributed by atoms with Gasteiger partial charge in [0.25, 0.3) is 11.1 Å². The van der Waals surface area contributed by atoms with Gasteiger partial charge in [-0.15, -0.1) is 11.3 Å². The first-order valence-electron chi connectivity index (χ1n) is 6.37. The van der Waals surface area contributed by atoms with Gasteiger partial charge in [-0.25, -0.2) is 4.98 Å². The second kappa shape index (κ2) is 5.82. The van der Waals surface area contributed by atoms with Crippen molar-refractivity contribution in [3.05, 3.63) is 47.2 Å². The van der Waals surface area contributed by atoms with Crippen LogP contribution in [0.2, 0.25) is 0 Å². The molecule has 5 nitrogen and oxygen atoms in total. The number of nitrogens with one attached hydrogen (secondary N) is 1. The molecule has 3 heterocycles. The van der Waals surface area contributed by atoms with Gasteiger partial charge in [-0.1, -0.05) is 0 Å². The predicted octanol–water partition coefficient (Wildman–Crippen LogP) is 3.10. The molecule has 22 heavy (non-hydrogen) atoms. The molecule has 0 spiro atoms. The number of carbonyl (C=O) groups is 2. The molecule has 1 amide bonds. The van der Waals surface area contributed by atoms with Gasteiger partial charge in [0.05, 0.1) is 10.4 Å². The lowest BCUT2D eigenvalue weighted by Crippen LogP contribution is -2.19. The molecule has 1 N–H and O–H groups in total. The van der Waals surface area contributed by atoms with Crippen LogP contribution in [0.15, 0.2) is 36.7 Å². The van der Waals surface area contributed by atoms with Crippen molar-refractivity contribution in [2.75, 3.05) is 7.05 Å². The average molecular weight is 332 g/mol. The third-order valence-corrected chi connectivity index (χ3v) is 4.56. The summed E-state index contributed by atoms with van der Waals surface area (Å²) in [6, 6.07) is 6.90. The average Bonchev–Trinajstić information content (AvgIpc) is 3.03. The number of halogens is 1. The molecule has 0 aliphatic heterocycles. The largest absolute Gasteiger partial charge is 0.354 e. The van der Waals surface area contributed by atoms with E-state index in [2.05, 4.69) is 15.3 Å². The molecule has 0 aliphatic carbocycles. The van der Waals surface area contributed by atoms with E-state index in [0.29, 0.717) is 16.1 Å². The molecule has 7 heteroatoms. The number of hydrogen-bond donors (Lipinski definition) is 1. The number of nitrogens with zero attached hydrogens (tertiary/aromatic N) is 2.